The van der Waals surface area contributed by atoms with Crippen molar-refractivity contribution in [1.29, 1.82) is 5.26 Å². The van der Waals surface area contributed by atoms with Gasteiger partial charge in [-0.25, -0.2) is 13.8 Å². The number of carbonyl (C=O) groups is 1. The average Bonchev–Trinajstić information content (AvgIpc) is 2.26. The number of nitriles is 1. The molecule has 0 fully saturated rings. The molecule has 7 heteroatoms. The van der Waals surface area contributed by atoms with Crippen LogP contribution in [0.4, 0.5) is 8.78 Å². The van der Waals surface area contributed by atoms with Gasteiger partial charge in [-0.3, -0.25) is 4.79 Å². The van der Waals surface area contributed by atoms with E-state index in [0.29, 0.717) is 5.69 Å². The Morgan fingerprint density at radius 2 is 2.29 bits per heavy atom. The number of carboxylic acid groups (broad SMARTS) is 1. The molecule has 0 saturated heterocycles. The van der Waals surface area contributed by atoms with Gasteiger partial charge in [0.1, 0.15) is 11.8 Å². The zero-order valence-electron chi connectivity index (χ0n) is 8.45. The van der Waals surface area contributed by atoms with Crippen LogP contribution in [-0.2, 0) is 16.5 Å². The normalized spacial score (nSPS) is 10.3. The van der Waals surface area contributed by atoms with E-state index in [1.54, 1.807) is 6.07 Å². The smallest absolute Gasteiger partial charge is 0.307 e. The summed E-state index contributed by atoms with van der Waals surface area (Å²) in [6.07, 6.45) is -3.48. The molecule has 0 saturated carbocycles. The van der Waals surface area contributed by atoms with E-state index in [1.807, 2.05) is 0 Å². The molecule has 0 amide bonds. The van der Waals surface area contributed by atoms with E-state index in [4.69, 9.17) is 10.4 Å². The van der Waals surface area contributed by atoms with Gasteiger partial charge in [-0.2, -0.15) is 5.26 Å². The van der Waals surface area contributed by atoms with Gasteiger partial charge in [0.15, 0.2) is 0 Å². The van der Waals surface area contributed by atoms with Crippen LogP contribution >= 0.6 is 15.9 Å². The molecule has 0 atom stereocenters. The molecule has 0 aromatic carbocycles. The largest absolute Gasteiger partial charge is 0.481 e. The Kier molecular flexibility index (Phi) is 4.52. The summed E-state index contributed by atoms with van der Waals surface area (Å²) in [6.45, 7) is 0. The van der Waals surface area contributed by atoms with Crippen LogP contribution < -0.4 is 0 Å². The van der Waals surface area contributed by atoms with Gasteiger partial charge in [0.05, 0.1) is 17.7 Å². The Balaban J connectivity index is 3.41. The highest BCUT2D eigenvalue weighted by Crippen LogP contribution is 2.27. The Morgan fingerprint density at radius 3 is 2.71 bits per heavy atom. The summed E-state index contributed by atoms with van der Waals surface area (Å²) in [5.74, 6) is -1.23. The molecule has 1 aromatic heterocycles. The van der Waals surface area contributed by atoms with Crippen LogP contribution in [-0.4, -0.2) is 16.1 Å². The molecule has 90 valence electrons. The van der Waals surface area contributed by atoms with Crippen molar-refractivity contribution in [3.8, 4) is 6.07 Å². The predicted octanol–water partition coefficient (Wildman–Crippen LogP) is 2.41. The third kappa shape index (κ3) is 3.20. The number of pyridine rings is 1. The minimum absolute atomic E-state index is 0.0755. The average molecular weight is 305 g/mol. The summed E-state index contributed by atoms with van der Waals surface area (Å²) in [7, 11) is 0. The second-order valence-corrected chi connectivity index (χ2v) is 3.71. The second kappa shape index (κ2) is 5.68. The SMILES string of the molecule is N#Cc1nc(CBr)cc(CC(=O)O)c1C(F)F. The number of hydrogen-bond donors (Lipinski definition) is 1. The standard InChI is InChI=1S/C10H7BrF2N2O2/c11-3-6-1-5(2-8(16)17)9(10(12)13)7(4-14)15-6/h1,10H,2-3H2,(H,16,17). The van der Waals surface area contributed by atoms with Gasteiger partial charge in [-0.1, -0.05) is 15.9 Å². The lowest BCUT2D eigenvalue weighted by atomic mass is 10.0. The lowest BCUT2D eigenvalue weighted by molar-refractivity contribution is -0.136. The molecule has 0 spiro atoms. The van der Waals surface area contributed by atoms with Crippen molar-refractivity contribution in [2.75, 3.05) is 0 Å². The van der Waals surface area contributed by atoms with E-state index in [9.17, 15) is 13.6 Å². The highest BCUT2D eigenvalue weighted by atomic mass is 79.9. The fraction of sp³-hybridized carbons (Fsp3) is 0.300. The third-order valence-electron chi connectivity index (χ3n) is 2.00. The molecule has 4 nitrogen and oxygen atoms in total. The van der Waals surface area contributed by atoms with E-state index in [2.05, 4.69) is 20.9 Å². The van der Waals surface area contributed by atoms with Crippen molar-refractivity contribution >= 4 is 21.9 Å². The molecular formula is C10H7BrF2N2O2. The van der Waals surface area contributed by atoms with Crippen molar-refractivity contribution in [3.63, 3.8) is 0 Å². The number of halogens is 3. The summed E-state index contributed by atoms with van der Waals surface area (Å²) < 4.78 is 25.5. The first kappa shape index (κ1) is 13.5. The molecule has 0 aliphatic heterocycles. The highest BCUT2D eigenvalue weighted by Gasteiger charge is 2.21. The van der Waals surface area contributed by atoms with Crippen LogP contribution in [0.3, 0.4) is 0 Å². The number of rotatable bonds is 4. The first-order chi connectivity index (χ1) is 7.99. The van der Waals surface area contributed by atoms with E-state index in [1.165, 1.54) is 6.07 Å². The molecule has 1 aromatic rings. The number of aromatic nitrogens is 1. The zero-order valence-corrected chi connectivity index (χ0v) is 10.0. The molecule has 1 N–H and O–H groups in total. The first-order valence-corrected chi connectivity index (χ1v) is 5.60. The Labute approximate surface area is 104 Å². The Bertz CT molecular complexity index is 486. The fourth-order valence-electron chi connectivity index (χ4n) is 1.37. The lowest BCUT2D eigenvalue weighted by Gasteiger charge is -2.10. The van der Waals surface area contributed by atoms with Crippen LogP contribution in [0.25, 0.3) is 0 Å². The monoisotopic (exact) mass is 304 g/mol. The highest BCUT2D eigenvalue weighted by molar-refractivity contribution is 9.08. The molecule has 17 heavy (non-hydrogen) atoms. The molecule has 0 aliphatic rings. The Morgan fingerprint density at radius 1 is 1.65 bits per heavy atom. The van der Waals surface area contributed by atoms with Crippen LogP contribution in [0, 0.1) is 11.3 Å². The topological polar surface area (TPSA) is 74.0 Å². The lowest BCUT2D eigenvalue weighted by Crippen LogP contribution is -2.09. The summed E-state index contributed by atoms with van der Waals surface area (Å²) >= 11 is 3.08. The minimum Gasteiger partial charge on any atom is -0.481 e. The van der Waals surface area contributed by atoms with Crippen LogP contribution in [0.2, 0.25) is 0 Å². The summed E-state index contributed by atoms with van der Waals surface area (Å²) in [6, 6.07) is 2.83. The van der Waals surface area contributed by atoms with Gasteiger partial charge in [0.25, 0.3) is 6.43 Å². The number of carboxylic acids is 1. The Hall–Kier alpha value is -1.55. The van der Waals surface area contributed by atoms with Gasteiger partial charge in [0, 0.05) is 5.33 Å². The second-order valence-electron chi connectivity index (χ2n) is 3.15. The van der Waals surface area contributed by atoms with E-state index < -0.39 is 30.1 Å². The number of aliphatic carboxylic acids is 1. The fourth-order valence-corrected chi connectivity index (χ4v) is 1.66. The van der Waals surface area contributed by atoms with Crippen molar-refractivity contribution in [2.45, 2.75) is 18.2 Å². The van der Waals surface area contributed by atoms with Crippen molar-refractivity contribution in [1.82, 2.24) is 4.98 Å². The van der Waals surface area contributed by atoms with Crippen LogP contribution in [0.1, 0.15) is 28.9 Å². The van der Waals surface area contributed by atoms with Gasteiger partial charge < -0.3 is 5.11 Å². The van der Waals surface area contributed by atoms with Gasteiger partial charge in [-0.05, 0) is 11.6 Å². The molecule has 0 bridgehead atoms. The third-order valence-corrected chi connectivity index (χ3v) is 2.57. The van der Waals surface area contributed by atoms with Gasteiger partial charge >= 0.3 is 5.97 Å². The van der Waals surface area contributed by atoms with Crippen molar-refractivity contribution < 1.29 is 18.7 Å². The summed E-state index contributed by atoms with van der Waals surface area (Å²) in [5, 5.41) is 17.6. The van der Waals surface area contributed by atoms with Crippen molar-refractivity contribution in [2.24, 2.45) is 0 Å². The van der Waals surface area contributed by atoms with E-state index in [0.717, 1.165) is 0 Å². The van der Waals surface area contributed by atoms with Crippen LogP contribution in [0.5, 0.6) is 0 Å². The quantitative estimate of drug-likeness (QED) is 0.867. The molecule has 1 rings (SSSR count). The number of nitrogens with zero attached hydrogens (tertiary/aromatic N) is 2. The minimum atomic E-state index is -2.92. The first-order valence-electron chi connectivity index (χ1n) is 4.48. The predicted molar refractivity (Wildman–Crippen MR) is 57.9 cm³/mol. The van der Waals surface area contributed by atoms with Gasteiger partial charge in [0.2, 0.25) is 0 Å². The maximum absolute atomic E-state index is 12.8. The summed E-state index contributed by atoms with van der Waals surface area (Å²) in [4.78, 5) is 14.3. The number of alkyl halides is 3. The zero-order chi connectivity index (χ0) is 13.0. The van der Waals surface area contributed by atoms with Crippen molar-refractivity contribution in [3.05, 3.63) is 28.6 Å². The maximum Gasteiger partial charge on any atom is 0.307 e. The molecule has 1 heterocycles. The summed E-state index contributed by atoms with van der Waals surface area (Å²) in [5.41, 5.74) is -0.747. The molecule has 0 unspecified atom stereocenters. The molecule has 0 aliphatic carbocycles. The maximum atomic E-state index is 12.8. The van der Waals surface area contributed by atoms with E-state index in [-0.39, 0.29) is 10.9 Å². The van der Waals surface area contributed by atoms with Gasteiger partial charge in [-0.15, -0.1) is 0 Å². The number of hydrogen-bond acceptors (Lipinski definition) is 3. The molecule has 0 radical (unpaired) electrons. The van der Waals surface area contributed by atoms with E-state index >= 15 is 0 Å². The molecular weight excluding hydrogens is 298 g/mol. The van der Waals surface area contributed by atoms with Crippen LogP contribution in [0.15, 0.2) is 6.07 Å².